The van der Waals surface area contributed by atoms with Gasteiger partial charge in [0.1, 0.15) is 5.82 Å². The molecule has 20 heavy (non-hydrogen) atoms. The van der Waals surface area contributed by atoms with Gasteiger partial charge in [-0.1, -0.05) is 6.07 Å². The van der Waals surface area contributed by atoms with Gasteiger partial charge in [-0.05, 0) is 61.4 Å². The van der Waals surface area contributed by atoms with Gasteiger partial charge in [0.05, 0.1) is 16.7 Å². The molecule has 0 bridgehead atoms. The maximum absolute atomic E-state index is 13.3. The van der Waals surface area contributed by atoms with E-state index in [4.69, 9.17) is 0 Å². The van der Waals surface area contributed by atoms with Crippen LogP contribution < -0.4 is 5.32 Å². The average molecular weight is 340 g/mol. The van der Waals surface area contributed by atoms with E-state index in [1.54, 1.807) is 12.1 Å². The van der Waals surface area contributed by atoms with E-state index in [1.807, 2.05) is 18.7 Å². The Morgan fingerprint density at radius 3 is 2.70 bits per heavy atom. The summed E-state index contributed by atoms with van der Waals surface area (Å²) in [6.45, 7) is 6.85. The second-order valence-electron chi connectivity index (χ2n) is 5.00. The topological polar surface area (TPSA) is 29.9 Å². The van der Waals surface area contributed by atoms with E-state index < -0.39 is 0 Å². The maximum atomic E-state index is 13.3. The highest BCUT2D eigenvalue weighted by atomic mass is 79.9. The van der Waals surface area contributed by atoms with Crippen LogP contribution in [0.15, 0.2) is 22.7 Å². The van der Waals surface area contributed by atoms with E-state index in [2.05, 4.69) is 40.2 Å². The first kappa shape index (κ1) is 15.2. The number of aromatic nitrogens is 2. The summed E-state index contributed by atoms with van der Waals surface area (Å²) in [6, 6.07) is 5.33. The quantitative estimate of drug-likeness (QED) is 0.919. The first-order chi connectivity index (χ1) is 9.43. The van der Waals surface area contributed by atoms with Crippen LogP contribution in [0.25, 0.3) is 0 Å². The van der Waals surface area contributed by atoms with E-state index >= 15 is 0 Å². The van der Waals surface area contributed by atoms with Crippen LogP contribution in [0.2, 0.25) is 0 Å². The van der Waals surface area contributed by atoms with Gasteiger partial charge in [-0.2, -0.15) is 5.10 Å². The second-order valence-corrected chi connectivity index (χ2v) is 5.86. The Kier molecular flexibility index (Phi) is 4.60. The maximum Gasteiger partial charge on any atom is 0.137 e. The van der Waals surface area contributed by atoms with Crippen molar-refractivity contribution in [1.82, 2.24) is 15.1 Å². The van der Waals surface area contributed by atoms with Crippen LogP contribution in [0.5, 0.6) is 0 Å². The molecule has 0 spiro atoms. The molecular formula is C15H19BrFN3. The Morgan fingerprint density at radius 1 is 1.40 bits per heavy atom. The summed E-state index contributed by atoms with van der Waals surface area (Å²) in [4.78, 5) is 0. The molecule has 3 nitrogen and oxygen atoms in total. The third-order valence-electron chi connectivity index (χ3n) is 3.62. The third kappa shape index (κ3) is 2.94. The van der Waals surface area contributed by atoms with E-state index in [9.17, 15) is 4.39 Å². The molecule has 108 valence electrons. The fraction of sp³-hybridized carbons (Fsp3) is 0.400. The Balaban J connectivity index is 2.32. The van der Waals surface area contributed by atoms with E-state index in [0.29, 0.717) is 11.0 Å². The number of nitrogens with zero attached hydrogens (tertiary/aromatic N) is 2. The molecular weight excluding hydrogens is 321 g/mol. The van der Waals surface area contributed by atoms with E-state index in [1.165, 1.54) is 11.6 Å². The van der Waals surface area contributed by atoms with Crippen molar-refractivity contribution in [3.63, 3.8) is 0 Å². The zero-order valence-electron chi connectivity index (χ0n) is 12.2. The van der Waals surface area contributed by atoms with Gasteiger partial charge in [0.15, 0.2) is 0 Å². The molecule has 2 rings (SSSR count). The van der Waals surface area contributed by atoms with Gasteiger partial charge in [0, 0.05) is 17.3 Å². The molecule has 1 atom stereocenters. The molecule has 1 aromatic carbocycles. The number of aryl methyl sites for hydroxylation is 1. The molecule has 0 aliphatic carbocycles. The molecule has 0 fully saturated rings. The Hall–Kier alpha value is -1.20. The lowest BCUT2D eigenvalue weighted by molar-refractivity contribution is 0.614. The molecule has 0 saturated carbocycles. The van der Waals surface area contributed by atoms with Gasteiger partial charge in [-0.15, -0.1) is 0 Å². The van der Waals surface area contributed by atoms with Crippen molar-refractivity contribution in [2.45, 2.75) is 33.4 Å². The smallest absolute Gasteiger partial charge is 0.137 e. The van der Waals surface area contributed by atoms with Crippen LogP contribution in [0.1, 0.15) is 35.5 Å². The Labute approximate surface area is 127 Å². The van der Waals surface area contributed by atoms with Crippen LogP contribution >= 0.6 is 15.9 Å². The van der Waals surface area contributed by atoms with Crippen molar-refractivity contribution in [3.05, 3.63) is 51.0 Å². The number of hydrogen-bond donors (Lipinski definition) is 1. The van der Waals surface area contributed by atoms with Gasteiger partial charge in [0.2, 0.25) is 0 Å². The van der Waals surface area contributed by atoms with Crippen molar-refractivity contribution in [1.29, 1.82) is 0 Å². The standard InChI is InChI=1S/C15H19BrFN3/c1-9(18-4)15-10(2)19-20(11(15)3)8-12-5-6-14(17)13(16)7-12/h5-7,9,18H,8H2,1-4H3. The van der Waals surface area contributed by atoms with Crippen LogP contribution in [0.3, 0.4) is 0 Å². The van der Waals surface area contributed by atoms with Crippen molar-refractivity contribution in [2.24, 2.45) is 0 Å². The summed E-state index contributed by atoms with van der Waals surface area (Å²) in [5, 5.41) is 7.84. The molecule has 0 aliphatic heterocycles. The lowest BCUT2D eigenvalue weighted by atomic mass is 10.1. The highest BCUT2D eigenvalue weighted by Gasteiger charge is 2.16. The normalized spacial score (nSPS) is 12.7. The molecule has 5 heteroatoms. The molecule has 1 unspecified atom stereocenters. The average Bonchev–Trinajstić information content (AvgIpc) is 2.68. The summed E-state index contributed by atoms with van der Waals surface area (Å²) < 4.78 is 15.7. The predicted molar refractivity (Wildman–Crippen MR) is 82.4 cm³/mol. The molecule has 0 radical (unpaired) electrons. The minimum Gasteiger partial charge on any atom is -0.313 e. The number of hydrogen-bond acceptors (Lipinski definition) is 2. The largest absolute Gasteiger partial charge is 0.313 e. The summed E-state index contributed by atoms with van der Waals surface area (Å²) in [7, 11) is 1.94. The predicted octanol–water partition coefficient (Wildman–Crippen LogP) is 3.73. The zero-order chi connectivity index (χ0) is 14.9. The highest BCUT2D eigenvalue weighted by molar-refractivity contribution is 9.10. The van der Waals surface area contributed by atoms with Crippen molar-refractivity contribution >= 4 is 15.9 Å². The molecule has 0 amide bonds. The zero-order valence-corrected chi connectivity index (χ0v) is 13.8. The fourth-order valence-electron chi connectivity index (χ4n) is 2.45. The first-order valence-electron chi connectivity index (χ1n) is 6.59. The monoisotopic (exact) mass is 339 g/mol. The van der Waals surface area contributed by atoms with Crippen LogP contribution in [0.4, 0.5) is 4.39 Å². The molecule has 1 N–H and O–H groups in total. The molecule has 0 aliphatic rings. The SMILES string of the molecule is CNC(C)c1c(C)nn(Cc2ccc(F)c(Br)c2)c1C. The third-order valence-corrected chi connectivity index (χ3v) is 4.23. The first-order valence-corrected chi connectivity index (χ1v) is 7.38. The lowest BCUT2D eigenvalue weighted by Gasteiger charge is -2.11. The van der Waals surface area contributed by atoms with Crippen LogP contribution in [-0.2, 0) is 6.54 Å². The number of nitrogens with one attached hydrogen (secondary N) is 1. The lowest BCUT2D eigenvalue weighted by Crippen LogP contribution is -2.14. The highest BCUT2D eigenvalue weighted by Crippen LogP contribution is 2.23. The molecule has 1 aromatic heterocycles. The molecule has 2 aromatic rings. The van der Waals surface area contributed by atoms with Gasteiger partial charge in [-0.25, -0.2) is 4.39 Å². The number of benzene rings is 1. The number of halogens is 2. The molecule has 0 saturated heterocycles. The summed E-state index contributed by atoms with van der Waals surface area (Å²) in [5.41, 5.74) is 4.43. The molecule has 1 heterocycles. The van der Waals surface area contributed by atoms with E-state index in [0.717, 1.165) is 17.0 Å². The van der Waals surface area contributed by atoms with Crippen molar-refractivity contribution in [2.75, 3.05) is 7.05 Å². The van der Waals surface area contributed by atoms with E-state index in [-0.39, 0.29) is 11.9 Å². The summed E-state index contributed by atoms with van der Waals surface area (Å²) in [6.07, 6.45) is 0. The van der Waals surface area contributed by atoms with Gasteiger partial charge in [0.25, 0.3) is 0 Å². The Bertz CT molecular complexity index is 622. The van der Waals surface area contributed by atoms with Crippen LogP contribution in [-0.4, -0.2) is 16.8 Å². The number of rotatable bonds is 4. The van der Waals surface area contributed by atoms with Crippen molar-refractivity contribution in [3.8, 4) is 0 Å². The summed E-state index contributed by atoms with van der Waals surface area (Å²) >= 11 is 3.22. The van der Waals surface area contributed by atoms with Gasteiger partial charge < -0.3 is 5.32 Å². The minimum atomic E-state index is -0.244. The van der Waals surface area contributed by atoms with Gasteiger partial charge >= 0.3 is 0 Å². The fourth-order valence-corrected chi connectivity index (χ4v) is 2.87. The van der Waals surface area contributed by atoms with Gasteiger partial charge in [-0.3, -0.25) is 4.68 Å². The second kappa shape index (κ2) is 6.06. The van der Waals surface area contributed by atoms with Crippen molar-refractivity contribution < 1.29 is 4.39 Å². The minimum absolute atomic E-state index is 0.244. The Morgan fingerprint density at radius 2 is 2.10 bits per heavy atom. The summed E-state index contributed by atoms with van der Waals surface area (Å²) in [5.74, 6) is -0.244. The van der Waals surface area contributed by atoms with Crippen LogP contribution in [0, 0.1) is 19.7 Å².